The van der Waals surface area contributed by atoms with Gasteiger partial charge < -0.3 is 9.64 Å². The van der Waals surface area contributed by atoms with E-state index in [1.807, 2.05) is 0 Å². The van der Waals surface area contributed by atoms with Gasteiger partial charge in [0.1, 0.15) is 11.6 Å². The number of carbonyl (C=O) groups is 1. The van der Waals surface area contributed by atoms with E-state index in [-0.39, 0.29) is 29.7 Å². The minimum Gasteiger partial charge on any atom is -0.376 e. The van der Waals surface area contributed by atoms with E-state index in [2.05, 4.69) is 0 Å². The number of sulfone groups is 1. The second-order valence-corrected chi connectivity index (χ2v) is 8.88. The van der Waals surface area contributed by atoms with Crippen LogP contribution in [0.3, 0.4) is 0 Å². The van der Waals surface area contributed by atoms with Gasteiger partial charge in [-0.25, -0.2) is 17.2 Å². The molecule has 2 unspecified atom stereocenters. The minimum absolute atomic E-state index is 0.0403. The molecule has 5 nitrogen and oxygen atoms in total. The van der Waals surface area contributed by atoms with E-state index in [0.29, 0.717) is 13.0 Å². The molecule has 142 valence electrons. The Hall–Kier alpha value is -1.80. The fourth-order valence-electron chi connectivity index (χ4n) is 3.37. The highest BCUT2D eigenvalue weighted by Gasteiger charge is 2.35. The Morgan fingerprint density at radius 2 is 2.00 bits per heavy atom. The second kappa shape index (κ2) is 7.84. The summed E-state index contributed by atoms with van der Waals surface area (Å²) in [5, 5.41) is 0. The fraction of sp³-hybridized carbons (Fsp3) is 0.500. The summed E-state index contributed by atoms with van der Waals surface area (Å²) in [4.78, 5) is 14.1. The van der Waals surface area contributed by atoms with Gasteiger partial charge in [-0.3, -0.25) is 4.79 Å². The summed E-state index contributed by atoms with van der Waals surface area (Å²) in [6, 6.07) is 3.03. The molecule has 2 saturated heterocycles. The Kier molecular flexibility index (Phi) is 5.72. The van der Waals surface area contributed by atoms with Crippen molar-refractivity contribution in [2.24, 2.45) is 0 Å². The van der Waals surface area contributed by atoms with Crippen LogP contribution in [-0.4, -0.2) is 56.0 Å². The van der Waals surface area contributed by atoms with Crippen LogP contribution in [0.15, 0.2) is 24.3 Å². The summed E-state index contributed by atoms with van der Waals surface area (Å²) in [6.45, 7) is 0.898. The molecule has 0 aromatic heterocycles. The number of hydrogen-bond donors (Lipinski definition) is 0. The maximum atomic E-state index is 13.7. The van der Waals surface area contributed by atoms with Crippen molar-refractivity contribution in [3.8, 4) is 0 Å². The number of ether oxygens (including phenoxy) is 1. The molecule has 0 aliphatic carbocycles. The summed E-state index contributed by atoms with van der Waals surface area (Å²) in [5.74, 6) is -2.04. The van der Waals surface area contributed by atoms with Gasteiger partial charge in [-0.2, -0.15) is 0 Å². The van der Waals surface area contributed by atoms with Crippen LogP contribution in [-0.2, 0) is 19.4 Å². The van der Waals surface area contributed by atoms with Gasteiger partial charge in [-0.05, 0) is 37.5 Å². The highest BCUT2D eigenvalue weighted by molar-refractivity contribution is 7.91. The predicted octanol–water partition coefficient (Wildman–Crippen LogP) is 2.17. The predicted molar refractivity (Wildman–Crippen MR) is 93.1 cm³/mol. The minimum atomic E-state index is -3.17. The molecule has 0 radical (unpaired) electrons. The molecule has 2 aliphatic heterocycles. The van der Waals surface area contributed by atoms with E-state index in [9.17, 15) is 22.0 Å². The van der Waals surface area contributed by atoms with Crippen molar-refractivity contribution in [1.29, 1.82) is 0 Å². The highest BCUT2D eigenvalue weighted by atomic mass is 32.2. The van der Waals surface area contributed by atoms with Crippen LogP contribution >= 0.6 is 0 Å². The lowest BCUT2D eigenvalue weighted by atomic mass is 10.1. The van der Waals surface area contributed by atoms with E-state index < -0.39 is 33.4 Å². The number of halogens is 2. The van der Waals surface area contributed by atoms with Crippen molar-refractivity contribution in [3.05, 3.63) is 41.5 Å². The third-order valence-electron chi connectivity index (χ3n) is 4.75. The lowest BCUT2D eigenvalue weighted by molar-refractivity contribution is -0.129. The number of hydrogen-bond acceptors (Lipinski definition) is 4. The van der Waals surface area contributed by atoms with Crippen LogP contribution in [0.2, 0.25) is 0 Å². The maximum absolute atomic E-state index is 13.7. The monoisotopic (exact) mass is 385 g/mol. The van der Waals surface area contributed by atoms with Crippen LogP contribution in [0, 0.1) is 11.6 Å². The Labute approximate surface area is 151 Å². The first kappa shape index (κ1) is 19.0. The zero-order chi connectivity index (χ0) is 18.7. The number of rotatable bonds is 5. The van der Waals surface area contributed by atoms with Gasteiger partial charge in [0.25, 0.3) is 0 Å². The van der Waals surface area contributed by atoms with Gasteiger partial charge in [0, 0.05) is 30.8 Å². The first-order valence-electron chi connectivity index (χ1n) is 8.60. The lowest BCUT2D eigenvalue weighted by Crippen LogP contribution is -2.44. The van der Waals surface area contributed by atoms with E-state index in [1.54, 1.807) is 0 Å². The Bertz CT molecular complexity index is 783. The molecule has 3 rings (SSSR count). The maximum Gasteiger partial charge on any atom is 0.246 e. The van der Waals surface area contributed by atoms with Crippen LogP contribution in [0.5, 0.6) is 0 Å². The van der Waals surface area contributed by atoms with Gasteiger partial charge in [-0.15, -0.1) is 0 Å². The van der Waals surface area contributed by atoms with Crippen LogP contribution in [0.1, 0.15) is 24.8 Å². The zero-order valence-corrected chi connectivity index (χ0v) is 15.1. The topological polar surface area (TPSA) is 63.7 Å². The molecular formula is C18H21F2NO4S. The zero-order valence-electron chi connectivity index (χ0n) is 14.2. The molecule has 2 heterocycles. The number of carbonyl (C=O) groups excluding carboxylic acids is 1. The van der Waals surface area contributed by atoms with E-state index >= 15 is 0 Å². The van der Waals surface area contributed by atoms with Crippen LogP contribution < -0.4 is 0 Å². The molecule has 2 fully saturated rings. The molecule has 1 aromatic rings. The van der Waals surface area contributed by atoms with Crippen molar-refractivity contribution in [2.75, 3.05) is 24.7 Å². The molecule has 1 aromatic carbocycles. The Morgan fingerprint density at radius 1 is 1.27 bits per heavy atom. The third-order valence-corrected chi connectivity index (χ3v) is 6.50. The molecule has 1 amide bonds. The van der Waals surface area contributed by atoms with Crippen molar-refractivity contribution < 1.29 is 26.7 Å². The SMILES string of the molecule is O=C(C=Cc1c(F)cccc1F)N(CC1CCCO1)C1CCS(=O)(=O)C1. The first-order valence-corrected chi connectivity index (χ1v) is 10.4. The van der Waals surface area contributed by atoms with Crippen molar-refractivity contribution in [2.45, 2.75) is 31.4 Å². The standard InChI is InChI=1S/C18H21F2NO4S/c19-16-4-1-5-17(20)15(16)6-7-18(22)21(11-14-3-2-9-25-14)13-8-10-26(23,24)12-13/h1,4-7,13-14H,2-3,8-12H2. The van der Waals surface area contributed by atoms with E-state index in [4.69, 9.17) is 4.74 Å². The average Bonchev–Trinajstić information content (AvgIpc) is 3.21. The molecular weight excluding hydrogens is 364 g/mol. The summed E-state index contributed by atoms with van der Waals surface area (Å²) >= 11 is 0. The Balaban J connectivity index is 1.78. The summed E-state index contributed by atoms with van der Waals surface area (Å²) in [7, 11) is -3.17. The van der Waals surface area contributed by atoms with Gasteiger partial charge >= 0.3 is 0 Å². The molecule has 26 heavy (non-hydrogen) atoms. The Morgan fingerprint density at radius 3 is 2.58 bits per heavy atom. The van der Waals surface area contributed by atoms with Crippen LogP contribution in [0.25, 0.3) is 6.08 Å². The molecule has 8 heteroatoms. The number of benzene rings is 1. The summed E-state index contributed by atoms with van der Waals surface area (Å²) in [6.07, 6.45) is 4.12. The second-order valence-electron chi connectivity index (χ2n) is 6.65. The van der Waals surface area contributed by atoms with Gasteiger partial charge in [-0.1, -0.05) is 6.07 Å². The highest BCUT2D eigenvalue weighted by Crippen LogP contribution is 2.22. The summed E-state index contributed by atoms with van der Waals surface area (Å²) < 4.78 is 56.6. The van der Waals surface area contributed by atoms with Crippen molar-refractivity contribution in [1.82, 2.24) is 4.90 Å². The smallest absolute Gasteiger partial charge is 0.246 e. The molecule has 2 atom stereocenters. The number of nitrogens with zero attached hydrogens (tertiary/aromatic N) is 1. The van der Waals surface area contributed by atoms with E-state index in [1.165, 1.54) is 11.0 Å². The average molecular weight is 385 g/mol. The lowest BCUT2D eigenvalue weighted by Gasteiger charge is -2.29. The molecule has 0 saturated carbocycles. The quantitative estimate of drug-likeness (QED) is 0.729. The van der Waals surface area contributed by atoms with Gasteiger partial charge in [0.05, 0.1) is 17.6 Å². The van der Waals surface area contributed by atoms with Gasteiger partial charge in [0.15, 0.2) is 9.84 Å². The summed E-state index contributed by atoms with van der Waals surface area (Å²) in [5.41, 5.74) is -0.294. The molecule has 0 spiro atoms. The fourth-order valence-corrected chi connectivity index (χ4v) is 5.10. The van der Waals surface area contributed by atoms with Crippen molar-refractivity contribution in [3.63, 3.8) is 0 Å². The largest absolute Gasteiger partial charge is 0.376 e. The van der Waals surface area contributed by atoms with Crippen LogP contribution in [0.4, 0.5) is 8.78 Å². The molecule has 0 N–H and O–H groups in total. The van der Waals surface area contributed by atoms with Gasteiger partial charge in [0.2, 0.25) is 5.91 Å². The van der Waals surface area contributed by atoms with Crippen molar-refractivity contribution >= 4 is 21.8 Å². The molecule has 0 bridgehead atoms. The number of amides is 1. The van der Waals surface area contributed by atoms with E-state index in [0.717, 1.165) is 37.1 Å². The molecule has 2 aliphatic rings. The normalized spacial score (nSPS) is 25.0. The third kappa shape index (κ3) is 4.48. The first-order chi connectivity index (χ1) is 12.4.